The number of aliphatic hydroxyl groups is 1. The fourth-order valence-electron chi connectivity index (χ4n) is 8.40. The Labute approximate surface area is 179 Å². The third-order valence-electron chi connectivity index (χ3n) is 9.72. The Bertz CT molecular complexity index is 779. The molecule has 0 aromatic carbocycles. The Balaban J connectivity index is 1.36. The second-order valence-corrected chi connectivity index (χ2v) is 11.2. The van der Waals surface area contributed by atoms with Crippen LogP contribution in [0.1, 0.15) is 65.2 Å². The van der Waals surface area contributed by atoms with Gasteiger partial charge in [-0.3, -0.25) is 4.79 Å². The van der Waals surface area contributed by atoms with Crippen molar-refractivity contribution < 1.29 is 14.6 Å². The van der Waals surface area contributed by atoms with Crippen LogP contribution in [0.3, 0.4) is 0 Å². The maximum atomic E-state index is 13.2. The summed E-state index contributed by atoms with van der Waals surface area (Å²) in [5.41, 5.74) is -0.448. The van der Waals surface area contributed by atoms with Gasteiger partial charge in [0, 0.05) is 13.0 Å². The molecule has 9 atom stereocenters. The molecule has 4 aliphatic rings. The van der Waals surface area contributed by atoms with Gasteiger partial charge in [0.05, 0.1) is 24.1 Å². The van der Waals surface area contributed by atoms with Gasteiger partial charge in [0.2, 0.25) is 0 Å². The van der Waals surface area contributed by atoms with Gasteiger partial charge in [0.25, 0.3) is 0 Å². The van der Waals surface area contributed by atoms with E-state index in [1.165, 1.54) is 11.2 Å². The Morgan fingerprint density at radius 2 is 1.77 bits per heavy atom. The van der Waals surface area contributed by atoms with E-state index in [1.807, 2.05) is 14.0 Å². The van der Waals surface area contributed by atoms with E-state index in [1.54, 1.807) is 12.4 Å². The quantitative estimate of drug-likeness (QED) is 0.814. The third-order valence-corrected chi connectivity index (χ3v) is 9.72. The van der Waals surface area contributed by atoms with Gasteiger partial charge in [-0.25, -0.2) is 0 Å². The average molecular weight is 416 g/mol. The summed E-state index contributed by atoms with van der Waals surface area (Å²) in [5.74, 6) is 3.57. The molecule has 0 amide bonds. The first kappa shape index (κ1) is 20.6. The molecule has 6 heteroatoms. The largest absolute Gasteiger partial charge is 0.390 e. The van der Waals surface area contributed by atoms with Crippen LogP contribution in [0.2, 0.25) is 0 Å². The van der Waals surface area contributed by atoms with E-state index in [4.69, 9.17) is 4.74 Å². The minimum atomic E-state index is -0.542. The van der Waals surface area contributed by atoms with Gasteiger partial charge < -0.3 is 9.84 Å². The average Bonchev–Trinajstić information content (AvgIpc) is 3.33. The number of Topliss-reactive ketones (excluding diaryl/α,β-unsaturated/α-hetero) is 1. The predicted molar refractivity (Wildman–Crippen MR) is 112 cm³/mol. The second kappa shape index (κ2) is 7.40. The number of carbonyl (C=O) groups excluding carboxylic acids is 1. The summed E-state index contributed by atoms with van der Waals surface area (Å²) in [6.45, 7) is 4.69. The molecule has 0 aliphatic heterocycles. The first-order chi connectivity index (χ1) is 14.3. The van der Waals surface area contributed by atoms with E-state index >= 15 is 0 Å². The van der Waals surface area contributed by atoms with Crippen molar-refractivity contribution in [2.45, 2.75) is 83.5 Å². The number of hydrogen-bond acceptors (Lipinski definition) is 5. The van der Waals surface area contributed by atoms with E-state index in [-0.39, 0.29) is 17.4 Å². The maximum absolute atomic E-state index is 13.2. The smallest absolute Gasteiger partial charge is 0.159 e. The standard InChI is InChI=1S/C24H37N3O3/c1-23(29)8-6-16-15-7-9-24(2)19(17(15)12-22(30-3)18(16)13-23)4-5-20(24)21(28)14-27-25-10-11-26-27/h10-11,15-20,22,29H,4-9,12-14H2,1-3H3/t15-,16-,17-,18-,19+,20-,22-,23-,24+/m1/s1. The normalized spacial score (nSPS) is 47.9. The van der Waals surface area contributed by atoms with Crippen LogP contribution in [0.4, 0.5) is 0 Å². The fraction of sp³-hybridized carbons (Fsp3) is 0.875. The molecule has 0 spiro atoms. The van der Waals surface area contributed by atoms with Crippen LogP contribution < -0.4 is 0 Å². The zero-order valence-electron chi connectivity index (χ0n) is 18.7. The van der Waals surface area contributed by atoms with Crippen LogP contribution in [-0.2, 0) is 16.1 Å². The highest BCUT2D eigenvalue weighted by Crippen LogP contribution is 2.65. The summed E-state index contributed by atoms with van der Waals surface area (Å²) in [5, 5.41) is 19.0. The highest BCUT2D eigenvalue weighted by molar-refractivity contribution is 5.81. The van der Waals surface area contributed by atoms with Crippen molar-refractivity contribution in [2.75, 3.05) is 7.11 Å². The molecule has 0 saturated heterocycles. The summed E-state index contributed by atoms with van der Waals surface area (Å²) in [6.07, 6.45) is 12.1. The van der Waals surface area contributed by atoms with E-state index in [0.29, 0.717) is 36.0 Å². The van der Waals surface area contributed by atoms with Crippen LogP contribution in [0, 0.1) is 40.9 Å². The molecule has 6 nitrogen and oxygen atoms in total. The molecule has 4 aliphatic carbocycles. The minimum absolute atomic E-state index is 0.0939. The van der Waals surface area contributed by atoms with Crippen molar-refractivity contribution in [3.05, 3.63) is 12.4 Å². The Hall–Kier alpha value is -1.27. The third kappa shape index (κ3) is 3.26. The van der Waals surface area contributed by atoms with E-state index in [2.05, 4.69) is 17.1 Å². The van der Waals surface area contributed by atoms with Gasteiger partial charge >= 0.3 is 0 Å². The van der Waals surface area contributed by atoms with Crippen molar-refractivity contribution in [2.24, 2.45) is 40.9 Å². The van der Waals surface area contributed by atoms with Crippen molar-refractivity contribution in [3.63, 3.8) is 0 Å². The number of aromatic nitrogens is 3. The monoisotopic (exact) mass is 415 g/mol. The second-order valence-electron chi connectivity index (χ2n) is 11.2. The summed E-state index contributed by atoms with van der Waals surface area (Å²) in [4.78, 5) is 14.7. The van der Waals surface area contributed by atoms with Crippen LogP contribution in [0.5, 0.6) is 0 Å². The molecule has 4 fully saturated rings. The molecule has 0 bridgehead atoms. The molecule has 4 saturated carbocycles. The summed E-state index contributed by atoms with van der Waals surface area (Å²) >= 11 is 0. The first-order valence-corrected chi connectivity index (χ1v) is 11.9. The molecule has 1 aromatic heterocycles. The Morgan fingerprint density at radius 3 is 2.50 bits per heavy atom. The van der Waals surface area contributed by atoms with Crippen molar-refractivity contribution >= 4 is 5.78 Å². The summed E-state index contributed by atoms with van der Waals surface area (Å²) in [7, 11) is 1.85. The van der Waals surface area contributed by atoms with Gasteiger partial charge in [-0.2, -0.15) is 15.0 Å². The van der Waals surface area contributed by atoms with E-state index in [0.717, 1.165) is 50.9 Å². The zero-order chi connectivity index (χ0) is 21.1. The number of rotatable bonds is 4. The number of ether oxygens (including phenoxy) is 1. The molecule has 1 heterocycles. The molecule has 0 unspecified atom stereocenters. The topological polar surface area (TPSA) is 77.2 Å². The summed E-state index contributed by atoms with van der Waals surface area (Å²) in [6, 6.07) is 0. The Morgan fingerprint density at radius 1 is 1.07 bits per heavy atom. The Kier molecular flexibility index (Phi) is 5.09. The molecule has 166 valence electrons. The van der Waals surface area contributed by atoms with Gasteiger partial charge in [0.1, 0.15) is 6.54 Å². The SMILES string of the molecule is CO[C@@H]1C[C@@H]2[C@H](CC[C@]3(C)[C@@H](C(=O)Cn4nccn4)CC[C@@H]23)[C@H]2CC[C@@](C)(O)C[C@H]21. The number of carbonyl (C=O) groups is 1. The molecule has 30 heavy (non-hydrogen) atoms. The predicted octanol–water partition coefficient (Wildman–Crippen LogP) is 3.49. The lowest BCUT2D eigenvalue weighted by atomic mass is 9.48. The van der Waals surface area contributed by atoms with E-state index in [9.17, 15) is 9.90 Å². The first-order valence-electron chi connectivity index (χ1n) is 11.9. The van der Waals surface area contributed by atoms with Gasteiger partial charge in [-0.15, -0.1) is 0 Å². The minimum Gasteiger partial charge on any atom is -0.390 e. The lowest BCUT2D eigenvalue weighted by molar-refractivity contribution is -0.155. The highest BCUT2D eigenvalue weighted by atomic mass is 16.5. The lowest BCUT2D eigenvalue weighted by Gasteiger charge is -2.58. The number of nitrogens with zero attached hydrogens (tertiary/aromatic N) is 3. The highest BCUT2D eigenvalue weighted by Gasteiger charge is 2.60. The van der Waals surface area contributed by atoms with Crippen molar-refractivity contribution in [3.8, 4) is 0 Å². The van der Waals surface area contributed by atoms with Crippen molar-refractivity contribution in [1.29, 1.82) is 0 Å². The number of methoxy groups -OCH3 is 1. The number of hydrogen-bond donors (Lipinski definition) is 1. The molecular formula is C24H37N3O3. The fourth-order valence-corrected chi connectivity index (χ4v) is 8.40. The van der Waals surface area contributed by atoms with Gasteiger partial charge in [-0.05, 0) is 93.3 Å². The van der Waals surface area contributed by atoms with Crippen LogP contribution in [0.25, 0.3) is 0 Å². The zero-order valence-corrected chi connectivity index (χ0v) is 18.7. The van der Waals surface area contributed by atoms with E-state index < -0.39 is 5.60 Å². The van der Waals surface area contributed by atoms with Crippen LogP contribution in [0.15, 0.2) is 12.4 Å². The molecule has 1 aromatic rings. The van der Waals surface area contributed by atoms with Gasteiger partial charge in [0.15, 0.2) is 5.78 Å². The molecule has 1 N–H and O–H groups in total. The van der Waals surface area contributed by atoms with Gasteiger partial charge in [-0.1, -0.05) is 6.92 Å². The maximum Gasteiger partial charge on any atom is 0.159 e. The van der Waals surface area contributed by atoms with Crippen LogP contribution in [-0.4, -0.2) is 44.7 Å². The van der Waals surface area contributed by atoms with Crippen molar-refractivity contribution in [1.82, 2.24) is 15.0 Å². The number of fused-ring (bicyclic) bond motifs is 5. The molecular weight excluding hydrogens is 378 g/mol. The number of ketones is 1. The summed E-state index contributed by atoms with van der Waals surface area (Å²) < 4.78 is 6.03. The lowest BCUT2D eigenvalue weighted by Crippen LogP contribution is -2.55. The van der Waals surface area contributed by atoms with Crippen LogP contribution >= 0.6 is 0 Å². The molecule has 5 rings (SSSR count). The molecule has 0 radical (unpaired) electrons.